The zero-order valence-corrected chi connectivity index (χ0v) is 16.4. The van der Waals surface area contributed by atoms with Crippen molar-refractivity contribution in [3.8, 4) is 11.1 Å². The van der Waals surface area contributed by atoms with Crippen LogP contribution in [0.5, 0.6) is 0 Å². The molecule has 8 heteroatoms. The lowest BCUT2D eigenvalue weighted by Gasteiger charge is -2.19. The summed E-state index contributed by atoms with van der Waals surface area (Å²) in [6.45, 7) is 3.44. The molecule has 1 aromatic carbocycles. The van der Waals surface area contributed by atoms with E-state index < -0.39 is 17.6 Å². The summed E-state index contributed by atoms with van der Waals surface area (Å²) in [6.07, 6.45) is 0. The zero-order chi connectivity index (χ0) is 21.1. The van der Waals surface area contributed by atoms with Crippen molar-refractivity contribution in [2.24, 2.45) is 5.73 Å². The molecule has 0 spiro atoms. The Balaban J connectivity index is 1.93. The number of pyridine rings is 1. The number of nitrogens with two attached hydrogens (primary N) is 1. The third kappa shape index (κ3) is 4.43. The van der Waals surface area contributed by atoms with E-state index in [-0.39, 0.29) is 18.2 Å². The first-order valence-corrected chi connectivity index (χ1v) is 9.07. The topological polar surface area (TPSA) is 119 Å². The van der Waals surface area contributed by atoms with Gasteiger partial charge in [0.15, 0.2) is 0 Å². The van der Waals surface area contributed by atoms with Crippen molar-refractivity contribution < 1.29 is 14.0 Å². The first kappa shape index (κ1) is 20.1. The highest BCUT2D eigenvalue weighted by Crippen LogP contribution is 2.29. The number of benzene rings is 1. The molecule has 3 rings (SSSR count). The third-order valence-corrected chi connectivity index (χ3v) is 4.61. The number of nitrogens with zero attached hydrogens (tertiary/aromatic N) is 2. The Kier molecular flexibility index (Phi) is 5.63. The Labute approximate surface area is 167 Å². The number of fused-ring (bicyclic) bond motifs is 1. The van der Waals surface area contributed by atoms with Crippen LogP contribution in [0.4, 0.5) is 5.82 Å². The van der Waals surface area contributed by atoms with Crippen LogP contribution in [-0.4, -0.2) is 36.4 Å². The van der Waals surface area contributed by atoms with E-state index in [1.807, 2.05) is 37.3 Å². The Morgan fingerprint density at radius 3 is 2.62 bits per heavy atom. The minimum atomic E-state index is -0.768. The van der Waals surface area contributed by atoms with Crippen molar-refractivity contribution in [3.05, 3.63) is 58.4 Å². The maximum atomic E-state index is 12.1. The van der Waals surface area contributed by atoms with E-state index in [2.05, 4.69) is 10.3 Å². The summed E-state index contributed by atoms with van der Waals surface area (Å²) in [5, 5.41) is 3.20. The van der Waals surface area contributed by atoms with Gasteiger partial charge < -0.3 is 20.4 Å². The zero-order valence-electron chi connectivity index (χ0n) is 16.4. The number of aryl methyl sites for hydroxylation is 1. The van der Waals surface area contributed by atoms with Gasteiger partial charge in [-0.2, -0.15) is 4.98 Å². The molecule has 29 heavy (non-hydrogen) atoms. The first-order valence-electron chi connectivity index (χ1n) is 9.07. The molecule has 0 aliphatic rings. The summed E-state index contributed by atoms with van der Waals surface area (Å²) in [5.41, 5.74) is 7.53. The summed E-state index contributed by atoms with van der Waals surface area (Å²) >= 11 is 0. The number of hydrogen-bond donors (Lipinski definition) is 2. The van der Waals surface area contributed by atoms with E-state index in [9.17, 15) is 14.4 Å². The fraction of sp³-hybridized carbons (Fsp3) is 0.238. The second-order valence-electron chi connectivity index (χ2n) is 6.86. The minimum Gasteiger partial charge on any atom is -0.404 e. The maximum absolute atomic E-state index is 12.1. The average Bonchev–Trinajstić information content (AvgIpc) is 2.67. The van der Waals surface area contributed by atoms with Gasteiger partial charge in [0.1, 0.15) is 11.9 Å². The molecule has 0 aliphatic carbocycles. The van der Waals surface area contributed by atoms with Crippen molar-refractivity contribution in [1.82, 2.24) is 10.3 Å². The second-order valence-corrected chi connectivity index (χ2v) is 6.86. The van der Waals surface area contributed by atoms with Crippen LogP contribution >= 0.6 is 0 Å². The Bertz CT molecular complexity index is 1140. The molecule has 0 saturated carbocycles. The highest BCUT2D eigenvalue weighted by molar-refractivity contribution is 5.93. The number of nitrogens with one attached hydrogen (secondary N) is 1. The molecule has 0 saturated heterocycles. The maximum Gasteiger partial charge on any atom is 0.338 e. The molecule has 8 nitrogen and oxygen atoms in total. The number of anilines is 1. The molecule has 1 atom stereocenters. The monoisotopic (exact) mass is 394 g/mol. The lowest BCUT2D eigenvalue weighted by molar-refractivity contribution is -0.126. The molecule has 0 bridgehead atoms. The highest BCUT2D eigenvalue weighted by Gasteiger charge is 2.16. The van der Waals surface area contributed by atoms with Gasteiger partial charge in [0.2, 0.25) is 17.5 Å². The van der Waals surface area contributed by atoms with Crippen molar-refractivity contribution in [2.75, 3.05) is 18.5 Å². The molecule has 2 amide bonds. The van der Waals surface area contributed by atoms with E-state index >= 15 is 0 Å². The fourth-order valence-electron chi connectivity index (χ4n) is 3.00. The van der Waals surface area contributed by atoms with Crippen LogP contribution in [0, 0.1) is 6.92 Å². The van der Waals surface area contributed by atoms with E-state index in [1.54, 1.807) is 18.0 Å². The number of rotatable bonds is 6. The molecule has 2 heterocycles. The summed E-state index contributed by atoms with van der Waals surface area (Å²) in [4.78, 5) is 41.3. The predicted molar refractivity (Wildman–Crippen MR) is 111 cm³/mol. The van der Waals surface area contributed by atoms with E-state index in [0.29, 0.717) is 11.2 Å². The molecule has 0 unspecified atom stereocenters. The molecular weight excluding hydrogens is 372 g/mol. The van der Waals surface area contributed by atoms with Crippen LogP contribution < -0.4 is 21.6 Å². The largest absolute Gasteiger partial charge is 0.404 e. The van der Waals surface area contributed by atoms with Gasteiger partial charge in [0, 0.05) is 24.1 Å². The number of carbonyl (C=O) groups is 2. The van der Waals surface area contributed by atoms with Gasteiger partial charge in [0.25, 0.3) is 0 Å². The van der Waals surface area contributed by atoms with Crippen LogP contribution in [-0.2, 0) is 9.59 Å². The summed E-state index contributed by atoms with van der Waals surface area (Å²) in [7, 11) is 1.67. The van der Waals surface area contributed by atoms with Gasteiger partial charge in [-0.05, 0) is 37.1 Å². The quantitative estimate of drug-likeness (QED) is 0.655. The number of carbonyl (C=O) groups excluding carboxylic acids is 2. The summed E-state index contributed by atoms with van der Waals surface area (Å²) < 4.78 is 5.30. The van der Waals surface area contributed by atoms with Gasteiger partial charge in [-0.15, -0.1) is 0 Å². The van der Waals surface area contributed by atoms with Crippen LogP contribution in [0.1, 0.15) is 12.5 Å². The van der Waals surface area contributed by atoms with E-state index in [4.69, 9.17) is 10.2 Å². The smallest absolute Gasteiger partial charge is 0.338 e. The molecule has 150 valence electrons. The van der Waals surface area contributed by atoms with E-state index in [0.717, 1.165) is 16.7 Å². The van der Waals surface area contributed by atoms with Gasteiger partial charge in [0.05, 0.1) is 6.54 Å². The molecular formula is C21H22N4O4. The van der Waals surface area contributed by atoms with Crippen LogP contribution in [0.25, 0.3) is 22.2 Å². The average molecular weight is 394 g/mol. The van der Waals surface area contributed by atoms with Crippen LogP contribution in [0.2, 0.25) is 0 Å². The SMILES string of the molecule is Cc1ccccc1-c1cc(=O)oc2nc(N(C)CC(=O)N[C@H](C)C(N)=O)ccc12. The summed E-state index contributed by atoms with van der Waals surface area (Å²) in [6, 6.07) is 12.0. The van der Waals surface area contributed by atoms with Gasteiger partial charge >= 0.3 is 5.63 Å². The van der Waals surface area contributed by atoms with Gasteiger partial charge in [-0.3, -0.25) is 9.59 Å². The number of amides is 2. The second kappa shape index (κ2) is 8.14. The number of hydrogen-bond acceptors (Lipinski definition) is 6. The molecule has 3 aromatic rings. The van der Waals surface area contributed by atoms with Crippen LogP contribution in [0.3, 0.4) is 0 Å². The van der Waals surface area contributed by atoms with Gasteiger partial charge in [-0.1, -0.05) is 24.3 Å². The van der Waals surface area contributed by atoms with Crippen molar-refractivity contribution in [3.63, 3.8) is 0 Å². The minimum absolute atomic E-state index is 0.0438. The summed E-state index contributed by atoms with van der Waals surface area (Å²) in [5.74, 6) is -0.546. The molecule has 0 aliphatic heterocycles. The molecule has 0 fully saturated rings. The van der Waals surface area contributed by atoms with Crippen LogP contribution in [0.15, 0.2) is 51.7 Å². The third-order valence-electron chi connectivity index (χ3n) is 4.61. The number of likely N-dealkylation sites (N-methyl/N-ethyl adjacent to an activating group) is 1. The Hall–Kier alpha value is -3.68. The molecule has 2 aromatic heterocycles. The van der Waals surface area contributed by atoms with Crippen molar-refractivity contribution in [2.45, 2.75) is 19.9 Å². The van der Waals surface area contributed by atoms with E-state index in [1.165, 1.54) is 13.0 Å². The predicted octanol–water partition coefficient (Wildman–Crippen LogP) is 1.59. The lowest BCUT2D eigenvalue weighted by atomic mass is 9.99. The van der Waals surface area contributed by atoms with Crippen molar-refractivity contribution in [1.29, 1.82) is 0 Å². The van der Waals surface area contributed by atoms with Crippen molar-refractivity contribution >= 4 is 28.7 Å². The standard InChI is InChI=1S/C21H22N4O4/c1-12-6-4-5-7-14(12)16-10-19(27)29-21-15(16)8-9-17(24-21)25(3)11-18(26)23-13(2)20(22)28/h4-10,13H,11H2,1-3H3,(H2,22,28)(H,23,26)/t13-/m1/s1. The first-order chi connectivity index (χ1) is 13.8. The van der Waals surface area contributed by atoms with Gasteiger partial charge in [-0.25, -0.2) is 4.79 Å². The molecule has 3 N–H and O–H groups in total. The number of aromatic nitrogens is 1. The fourth-order valence-corrected chi connectivity index (χ4v) is 3.00. The molecule has 0 radical (unpaired) electrons. The Morgan fingerprint density at radius 2 is 1.93 bits per heavy atom. The highest BCUT2D eigenvalue weighted by atomic mass is 16.4. The number of primary amides is 1. The normalized spacial score (nSPS) is 11.8. The Morgan fingerprint density at radius 1 is 1.21 bits per heavy atom. The lowest BCUT2D eigenvalue weighted by Crippen LogP contribution is -2.45.